The largest absolute Gasteiger partial charge is 0.484 e. The number of hydrogen-bond acceptors (Lipinski definition) is 5. The van der Waals surface area contributed by atoms with Gasteiger partial charge in [0, 0.05) is 29.9 Å². The molecule has 0 radical (unpaired) electrons. The second kappa shape index (κ2) is 9.55. The number of hydrogen-bond donors (Lipinski definition) is 3. The first-order chi connectivity index (χ1) is 14.8. The molecule has 31 heavy (non-hydrogen) atoms. The van der Waals surface area contributed by atoms with Gasteiger partial charge in [-0.1, -0.05) is 25.4 Å². The van der Waals surface area contributed by atoms with Crippen molar-refractivity contribution in [2.45, 2.75) is 56.6 Å². The maximum absolute atomic E-state index is 13.5. The van der Waals surface area contributed by atoms with Crippen molar-refractivity contribution < 1.29 is 18.7 Å². The summed E-state index contributed by atoms with van der Waals surface area (Å²) in [5.74, 6) is 1.85. The molecule has 1 aromatic rings. The minimum Gasteiger partial charge on any atom is -0.484 e. The van der Waals surface area contributed by atoms with Crippen LogP contribution in [0.4, 0.5) is 4.39 Å². The number of halogens is 2. The quantitative estimate of drug-likeness (QED) is 0.572. The van der Waals surface area contributed by atoms with Gasteiger partial charge in [-0.3, -0.25) is 14.9 Å². The number of fused-ring (bicyclic) bond motifs is 2. The molecule has 3 saturated carbocycles. The number of amides is 2. The zero-order valence-corrected chi connectivity index (χ0v) is 19.3. The Morgan fingerprint density at radius 3 is 2.58 bits per heavy atom. The van der Waals surface area contributed by atoms with Gasteiger partial charge >= 0.3 is 0 Å². The molecule has 4 atom stereocenters. The van der Waals surface area contributed by atoms with E-state index in [1.165, 1.54) is 12.1 Å². The fourth-order valence-electron chi connectivity index (χ4n) is 4.63. The minimum atomic E-state index is -0.583. The van der Waals surface area contributed by atoms with Crippen LogP contribution in [0.1, 0.15) is 33.1 Å². The van der Waals surface area contributed by atoms with Crippen molar-refractivity contribution in [1.29, 1.82) is 0 Å². The van der Waals surface area contributed by atoms with E-state index < -0.39 is 5.82 Å². The van der Waals surface area contributed by atoms with E-state index in [0.29, 0.717) is 23.8 Å². The Labute approximate surface area is 191 Å². The van der Waals surface area contributed by atoms with Crippen LogP contribution in [0.25, 0.3) is 0 Å². The molecule has 4 fully saturated rings. The van der Waals surface area contributed by atoms with Crippen LogP contribution in [-0.2, 0) is 9.59 Å². The highest BCUT2D eigenvalue weighted by Crippen LogP contribution is 2.46. The van der Waals surface area contributed by atoms with Crippen LogP contribution in [0.2, 0.25) is 5.02 Å². The minimum absolute atomic E-state index is 0.0116. The van der Waals surface area contributed by atoms with Crippen LogP contribution in [0.5, 0.6) is 5.75 Å². The van der Waals surface area contributed by atoms with Crippen molar-refractivity contribution in [2.75, 3.05) is 12.4 Å². The normalized spacial score (nSPS) is 31.8. The molecule has 5 rings (SSSR count). The highest BCUT2D eigenvalue weighted by Gasteiger charge is 2.47. The molecule has 3 aliphatic carbocycles. The third kappa shape index (κ3) is 5.29. The summed E-state index contributed by atoms with van der Waals surface area (Å²) < 4.78 is 18.9. The Bertz CT molecular complexity index is 836. The van der Waals surface area contributed by atoms with Gasteiger partial charge in [0.05, 0.1) is 5.02 Å². The predicted octanol–water partition coefficient (Wildman–Crippen LogP) is 2.94. The SMILES string of the molecule is CC(C)C1CSC(C(=O)NC2CC(NC(=O)COc3ccc(Cl)c(F)c3)C3CC2C3)N1. The Balaban J connectivity index is 1.25. The number of benzene rings is 1. The lowest BCUT2D eigenvalue weighted by Gasteiger charge is -2.51. The fourth-order valence-corrected chi connectivity index (χ4v) is 6.12. The summed E-state index contributed by atoms with van der Waals surface area (Å²) in [6.07, 6.45) is 2.76. The van der Waals surface area contributed by atoms with Gasteiger partial charge < -0.3 is 15.4 Å². The molecule has 1 aromatic carbocycles. The average molecular weight is 470 g/mol. The molecule has 4 aliphatic rings. The maximum Gasteiger partial charge on any atom is 0.258 e. The third-order valence-electron chi connectivity index (χ3n) is 6.64. The molecule has 1 aliphatic heterocycles. The van der Waals surface area contributed by atoms with Crippen molar-refractivity contribution in [1.82, 2.24) is 16.0 Å². The van der Waals surface area contributed by atoms with E-state index in [2.05, 4.69) is 29.8 Å². The summed E-state index contributed by atoms with van der Waals surface area (Å²) in [6, 6.07) is 4.54. The molecule has 2 bridgehead atoms. The smallest absolute Gasteiger partial charge is 0.258 e. The van der Waals surface area contributed by atoms with Crippen LogP contribution in [0, 0.1) is 23.6 Å². The highest BCUT2D eigenvalue weighted by atomic mass is 35.5. The molecule has 0 spiro atoms. The van der Waals surface area contributed by atoms with E-state index in [1.54, 1.807) is 11.8 Å². The van der Waals surface area contributed by atoms with Crippen molar-refractivity contribution in [3.63, 3.8) is 0 Å². The van der Waals surface area contributed by atoms with Crippen LogP contribution >= 0.6 is 23.4 Å². The predicted molar refractivity (Wildman–Crippen MR) is 120 cm³/mol. The lowest BCUT2D eigenvalue weighted by atomic mass is 9.60. The van der Waals surface area contributed by atoms with Crippen molar-refractivity contribution in [2.24, 2.45) is 17.8 Å². The lowest BCUT2D eigenvalue weighted by molar-refractivity contribution is -0.126. The molecule has 2 amide bonds. The third-order valence-corrected chi connectivity index (χ3v) is 8.18. The van der Waals surface area contributed by atoms with Gasteiger partial charge in [-0.2, -0.15) is 0 Å². The monoisotopic (exact) mass is 469 g/mol. The summed E-state index contributed by atoms with van der Waals surface area (Å²) in [7, 11) is 0. The first-order valence-corrected chi connectivity index (χ1v) is 12.3. The van der Waals surface area contributed by atoms with Gasteiger partial charge in [0.1, 0.15) is 16.9 Å². The van der Waals surface area contributed by atoms with E-state index >= 15 is 0 Å². The molecular formula is C22H29ClFN3O3S. The van der Waals surface area contributed by atoms with E-state index in [0.717, 1.165) is 31.1 Å². The topological polar surface area (TPSA) is 79.5 Å². The van der Waals surface area contributed by atoms with Gasteiger partial charge in [-0.25, -0.2) is 4.39 Å². The molecular weight excluding hydrogens is 441 g/mol. The average Bonchev–Trinajstić information content (AvgIpc) is 3.19. The second-order valence-electron chi connectivity index (χ2n) is 9.11. The summed E-state index contributed by atoms with van der Waals surface area (Å²) in [6.45, 7) is 4.13. The molecule has 1 heterocycles. The zero-order valence-electron chi connectivity index (χ0n) is 17.7. The van der Waals surface area contributed by atoms with E-state index in [9.17, 15) is 14.0 Å². The molecule has 170 valence electrons. The number of carbonyl (C=O) groups is 2. The summed E-state index contributed by atoms with van der Waals surface area (Å²) >= 11 is 7.32. The highest BCUT2D eigenvalue weighted by molar-refractivity contribution is 8.00. The Hall–Kier alpha value is -1.51. The molecule has 4 unspecified atom stereocenters. The van der Waals surface area contributed by atoms with Crippen LogP contribution in [0.3, 0.4) is 0 Å². The van der Waals surface area contributed by atoms with Gasteiger partial charge in [0.25, 0.3) is 5.91 Å². The standard InChI is InChI=1S/C22H29ClFN3O3S/c1-11(2)19-10-31-22(27-19)21(29)26-18-8-17(12-5-13(18)6-12)25-20(28)9-30-14-3-4-15(23)16(24)7-14/h3-4,7,11-13,17-19,22,27H,5-6,8-10H2,1-2H3,(H,25,28)(H,26,29). The van der Waals surface area contributed by atoms with Crippen LogP contribution < -0.4 is 20.7 Å². The molecule has 6 nitrogen and oxygen atoms in total. The summed E-state index contributed by atoms with van der Waals surface area (Å²) in [5, 5.41) is 9.49. The number of thioether (sulfide) groups is 1. The maximum atomic E-state index is 13.5. The van der Waals surface area contributed by atoms with Gasteiger partial charge in [-0.15, -0.1) is 11.8 Å². The van der Waals surface area contributed by atoms with E-state index in [1.807, 2.05) is 0 Å². The van der Waals surface area contributed by atoms with E-state index in [-0.39, 0.29) is 46.7 Å². The van der Waals surface area contributed by atoms with Crippen LogP contribution in [0.15, 0.2) is 18.2 Å². The van der Waals surface area contributed by atoms with Crippen molar-refractivity contribution >= 4 is 35.2 Å². The Morgan fingerprint density at radius 1 is 1.23 bits per heavy atom. The molecule has 9 heteroatoms. The van der Waals surface area contributed by atoms with Gasteiger partial charge in [-0.05, 0) is 49.1 Å². The lowest BCUT2D eigenvalue weighted by Crippen LogP contribution is -2.61. The fraction of sp³-hybridized carbons (Fsp3) is 0.636. The summed E-state index contributed by atoms with van der Waals surface area (Å²) in [5.41, 5.74) is 0. The first kappa shape index (κ1) is 22.7. The second-order valence-corrected chi connectivity index (χ2v) is 10.7. The summed E-state index contributed by atoms with van der Waals surface area (Å²) in [4.78, 5) is 25.1. The number of rotatable bonds is 7. The van der Waals surface area contributed by atoms with Gasteiger partial charge in [0.2, 0.25) is 5.91 Å². The first-order valence-electron chi connectivity index (χ1n) is 10.9. The van der Waals surface area contributed by atoms with Gasteiger partial charge in [0.15, 0.2) is 6.61 Å². The Morgan fingerprint density at radius 2 is 1.94 bits per heavy atom. The Kier molecular flexibility index (Phi) is 6.98. The number of nitrogens with one attached hydrogen (secondary N) is 3. The van der Waals surface area contributed by atoms with Crippen molar-refractivity contribution in [3.8, 4) is 5.75 Å². The van der Waals surface area contributed by atoms with Crippen LogP contribution in [-0.4, -0.2) is 47.7 Å². The van der Waals surface area contributed by atoms with Crippen molar-refractivity contribution in [3.05, 3.63) is 29.0 Å². The molecule has 0 aromatic heterocycles. The van der Waals surface area contributed by atoms with E-state index in [4.69, 9.17) is 16.3 Å². The molecule has 3 N–H and O–H groups in total. The number of ether oxygens (including phenoxy) is 1. The number of carbonyl (C=O) groups excluding carboxylic acids is 2. The molecule has 1 saturated heterocycles. The zero-order chi connectivity index (χ0) is 22.1.